The molecule has 0 amide bonds. The van der Waals surface area contributed by atoms with E-state index in [0.717, 1.165) is 16.7 Å². The van der Waals surface area contributed by atoms with Crippen molar-refractivity contribution in [1.82, 2.24) is 0 Å². The lowest BCUT2D eigenvalue weighted by Crippen LogP contribution is -2.68. The fourth-order valence-corrected chi connectivity index (χ4v) is 4.11. The first-order chi connectivity index (χ1) is 16.1. The van der Waals surface area contributed by atoms with E-state index in [-0.39, 0.29) is 6.61 Å². The van der Waals surface area contributed by atoms with Gasteiger partial charge in [0.15, 0.2) is 0 Å². The summed E-state index contributed by atoms with van der Waals surface area (Å²) in [5.41, 5.74) is 9.25. The van der Waals surface area contributed by atoms with Crippen molar-refractivity contribution in [2.24, 2.45) is 5.73 Å². The molecule has 6 atom stereocenters. The van der Waals surface area contributed by atoms with Crippen LogP contribution in [0.1, 0.15) is 16.7 Å². The van der Waals surface area contributed by atoms with Crippen LogP contribution in [0.25, 0.3) is 0 Å². The predicted octanol–water partition coefficient (Wildman–Crippen LogP) is 2.81. The SMILES string of the molecule is N[C@H]1[C@H](O)[C@H](O)[C@@H](OCc2ccccc2)[C@H](OCc2ccccc2)[C@H]1OCc1ccccc1. The maximum Gasteiger partial charge on any atom is 0.115 e. The van der Waals surface area contributed by atoms with Crippen molar-refractivity contribution in [2.45, 2.75) is 56.4 Å². The molecule has 1 aliphatic carbocycles. The molecular weight excluding hydrogens is 418 g/mol. The molecule has 0 aromatic heterocycles. The van der Waals surface area contributed by atoms with E-state index < -0.39 is 36.6 Å². The van der Waals surface area contributed by atoms with Gasteiger partial charge in [0.05, 0.1) is 25.9 Å². The van der Waals surface area contributed by atoms with Gasteiger partial charge in [0, 0.05) is 0 Å². The van der Waals surface area contributed by atoms with Gasteiger partial charge in [-0.2, -0.15) is 0 Å². The van der Waals surface area contributed by atoms with E-state index in [0.29, 0.717) is 13.2 Å². The zero-order chi connectivity index (χ0) is 23.0. The average Bonchev–Trinajstić information content (AvgIpc) is 2.87. The molecule has 3 aromatic rings. The molecule has 0 spiro atoms. The van der Waals surface area contributed by atoms with E-state index in [4.69, 9.17) is 19.9 Å². The van der Waals surface area contributed by atoms with Crippen LogP contribution in [0.4, 0.5) is 0 Å². The van der Waals surface area contributed by atoms with E-state index >= 15 is 0 Å². The third kappa shape index (κ3) is 6.06. The summed E-state index contributed by atoms with van der Waals surface area (Å²) in [4.78, 5) is 0. The highest BCUT2D eigenvalue weighted by atomic mass is 16.6. The van der Waals surface area contributed by atoms with Crippen molar-refractivity contribution < 1.29 is 24.4 Å². The lowest BCUT2D eigenvalue weighted by molar-refractivity contribution is -0.234. The van der Waals surface area contributed by atoms with Gasteiger partial charge >= 0.3 is 0 Å². The number of benzene rings is 3. The minimum atomic E-state index is -1.21. The van der Waals surface area contributed by atoms with E-state index in [1.54, 1.807) is 0 Å². The molecule has 0 unspecified atom stereocenters. The summed E-state index contributed by atoms with van der Waals surface area (Å²) in [7, 11) is 0. The van der Waals surface area contributed by atoms with Crippen LogP contribution < -0.4 is 5.73 Å². The molecule has 174 valence electrons. The van der Waals surface area contributed by atoms with Crippen LogP contribution in [0.15, 0.2) is 91.0 Å². The Morgan fingerprint density at radius 1 is 0.515 bits per heavy atom. The van der Waals surface area contributed by atoms with Crippen molar-refractivity contribution >= 4 is 0 Å². The Balaban J connectivity index is 1.54. The van der Waals surface area contributed by atoms with E-state index in [2.05, 4.69) is 0 Å². The van der Waals surface area contributed by atoms with Gasteiger partial charge in [-0.15, -0.1) is 0 Å². The molecule has 4 rings (SSSR count). The Kier molecular flexibility index (Phi) is 8.23. The molecule has 0 bridgehead atoms. The number of ether oxygens (including phenoxy) is 3. The second kappa shape index (κ2) is 11.5. The van der Waals surface area contributed by atoms with Crippen LogP contribution in [0.3, 0.4) is 0 Å². The van der Waals surface area contributed by atoms with Crippen molar-refractivity contribution in [3.05, 3.63) is 108 Å². The van der Waals surface area contributed by atoms with Gasteiger partial charge < -0.3 is 30.2 Å². The van der Waals surface area contributed by atoms with Crippen LogP contribution in [0, 0.1) is 0 Å². The van der Waals surface area contributed by atoms with E-state index in [9.17, 15) is 10.2 Å². The maximum absolute atomic E-state index is 10.9. The molecule has 0 aliphatic heterocycles. The first-order valence-electron chi connectivity index (χ1n) is 11.2. The zero-order valence-corrected chi connectivity index (χ0v) is 18.4. The summed E-state index contributed by atoms with van der Waals surface area (Å²) in [5.74, 6) is 0. The molecule has 0 saturated heterocycles. The molecule has 6 heteroatoms. The fourth-order valence-electron chi connectivity index (χ4n) is 4.11. The van der Waals surface area contributed by atoms with Crippen LogP contribution in [-0.2, 0) is 34.0 Å². The topological polar surface area (TPSA) is 94.2 Å². The summed E-state index contributed by atoms with van der Waals surface area (Å²) in [5, 5.41) is 21.6. The Morgan fingerprint density at radius 3 is 1.30 bits per heavy atom. The molecule has 3 aromatic carbocycles. The molecule has 1 fully saturated rings. The number of hydrogen-bond acceptors (Lipinski definition) is 6. The number of nitrogens with two attached hydrogens (primary N) is 1. The lowest BCUT2D eigenvalue weighted by Gasteiger charge is -2.46. The van der Waals surface area contributed by atoms with Gasteiger partial charge in [-0.3, -0.25) is 0 Å². The van der Waals surface area contributed by atoms with Gasteiger partial charge in [0.2, 0.25) is 0 Å². The second-order valence-electron chi connectivity index (χ2n) is 8.34. The fraction of sp³-hybridized carbons (Fsp3) is 0.333. The van der Waals surface area contributed by atoms with Gasteiger partial charge in [-0.1, -0.05) is 91.0 Å². The summed E-state index contributed by atoms with van der Waals surface area (Å²) in [6, 6.07) is 28.3. The van der Waals surface area contributed by atoms with Gasteiger partial charge in [-0.05, 0) is 16.7 Å². The number of rotatable bonds is 9. The number of hydrogen-bond donors (Lipinski definition) is 3. The lowest BCUT2D eigenvalue weighted by atomic mass is 9.83. The van der Waals surface area contributed by atoms with Crippen molar-refractivity contribution in [3.63, 3.8) is 0 Å². The third-order valence-corrected chi connectivity index (χ3v) is 5.96. The highest BCUT2D eigenvalue weighted by Gasteiger charge is 2.50. The van der Waals surface area contributed by atoms with Crippen LogP contribution >= 0.6 is 0 Å². The van der Waals surface area contributed by atoms with Crippen LogP contribution in [-0.4, -0.2) is 46.8 Å². The Hall–Kier alpha value is -2.58. The van der Waals surface area contributed by atoms with Gasteiger partial charge in [-0.25, -0.2) is 0 Å². The predicted molar refractivity (Wildman–Crippen MR) is 125 cm³/mol. The molecule has 6 nitrogen and oxygen atoms in total. The average molecular weight is 450 g/mol. The van der Waals surface area contributed by atoms with Crippen LogP contribution in [0.5, 0.6) is 0 Å². The second-order valence-corrected chi connectivity index (χ2v) is 8.34. The first-order valence-corrected chi connectivity index (χ1v) is 11.2. The first kappa shape index (κ1) is 23.6. The largest absolute Gasteiger partial charge is 0.389 e. The summed E-state index contributed by atoms with van der Waals surface area (Å²) < 4.78 is 18.6. The minimum absolute atomic E-state index is 0.265. The van der Waals surface area contributed by atoms with Crippen molar-refractivity contribution in [3.8, 4) is 0 Å². The quantitative estimate of drug-likeness (QED) is 0.465. The minimum Gasteiger partial charge on any atom is -0.389 e. The smallest absolute Gasteiger partial charge is 0.115 e. The van der Waals surface area contributed by atoms with Crippen molar-refractivity contribution in [1.29, 1.82) is 0 Å². The summed E-state index contributed by atoms with van der Waals surface area (Å²) in [6.45, 7) is 0.872. The Morgan fingerprint density at radius 2 is 0.879 bits per heavy atom. The third-order valence-electron chi connectivity index (χ3n) is 5.96. The summed E-state index contributed by atoms with van der Waals surface area (Å²) in [6.07, 6.45) is -4.58. The maximum atomic E-state index is 10.9. The molecule has 1 saturated carbocycles. The molecule has 4 N–H and O–H groups in total. The van der Waals surface area contributed by atoms with E-state index in [1.165, 1.54) is 0 Å². The monoisotopic (exact) mass is 449 g/mol. The summed E-state index contributed by atoms with van der Waals surface area (Å²) >= 11 is 0. The van der Waals surface area contributed by atoms with Crippen molar-refractivity contribution in [2.75, 3.05) is 0 Å². The van der Waals surface area contributed by atoms with Crippen LogP contribution in [0.2, 0.25) is 0 Å². The molecule has 1 aliphatic rings. The number of aliphatic hydroxyl groups excluding tert-OH is 2. The van der Waals surface area contributed by atoms with Gasteiger partial charge in [0.25, 0.3) is 0 Å². The highest BCUT2D eigenvalue weighted by molar-refractivity contribution is 5.16. The molecular formula is C27H31NO5. The van der Waals surface area contributed by atoms with E-state index in [1.807, 2.05) is 91.0 Å². The standard InChI is InChI=1S/C27H31NO5/c28-22-23(29)24(30)26(32-17-20-12-6-2-7-13-20)27(33-18-21-14-8-3-9-15-21)25(22)31-16-19-10-4-1-5-11-19/h1-15,22-27,29-30H,16-18,28H2/t22-,23-,24-,25-,26+,27+/m0/s1. The normalized spacial score (nSPS) is 27.4. The Bertz CT molecular complexity index is 899. The van der Waals surface area contributed by atoms with Gasteiger partial charge in [0.1, 0.15) is 30.5 Å². The molecule has 33 heavy (non-hydrogen) atoms. The molecule has 0 heterocycles. The Labute approximate surface area is 194 Å². The zero-order valence-electron chi connectivity index (χ0n) is 18.4. The molecule has 0 radical (unpaired) electrons. The highest BCUT2D eigenvalue weighted by Crippen LogP contribution is 2.29. The number of aliphatic hydroxyl groups is 2.